The van der Waals surface area contributed by atoms with Crippen LogP contribution in [-0.2, 0) is 23.7 Å². The molecule has 4 unspecified atom stereocenters. The number of nitrogens with zero attached hydrogens (tertiary/aromatic N) is 1. The molecule has 5 aliphatic carbocycles. The van der Waals surface area contributed by atoms with Gasteiger partial charge >= 0.3 is 12.1 Å². The Hall–Kier alpha value is -1.38. The molecule has 7 rings (SSSR count). The SMILES string of the molecule is COC(=O)CCC1C[C@@H](C)C2C(O1)[C@H](O)[C@@]1(C)[C@@H]3CC[C@H]4C(C)(C)C(OC(=O)N5CCOCC5)CC[C@@]45C[C@@]35CC[C@]21C. The fourth-order valence-corrected chi connectivity index (χ4v) is 13.1. The third-order valence-electron chi connectivity index (χ3n) is 15.2. The van der Waals surface area contributed by atoms with Crippen molar-refractivity contribution < 1.29 is 33.6 Å². The lowest BCUT2D eigenvalue weighted by Crippen LogP contribution is -2.60. The molecule has 0 radical (unpaired) electrons. The van der Waals surface area contributed by atoms with Gasteiger partial charge in [0.2, 0.25) is 0 Å². The van der Waals surface area contributed by atoms with E-state index in [4.69, 9.17) is 18.9 Å². The Bertz CT molecular complexity index is 1140. The van der Waals surface area contributed by atoms with Gasteiger partial charge in [-0.15, -0.1) is 0 Å². The number of hydrogen-bond donors (Lipinski definition) is 1. The Morgan fingerprint density at radius 1 is 0.977 bits per heavy atom. The number of hydrogen-bond acceptors (Lipinski definition) is 7. The average Bonchev–Trinajstić information content (AvgIpc) is 3.62. The smallest absolute Gasteiger partial charge is 0.410 e. The fourth-order valence-electron chi connectivity index (χ4n) is 13.1. The van der Waals surface area contributed by atoms with Gasteiger partial charge in [0.25, 0.3) is 0 Å². The predicted octanol–water partition coefficient (Wildman–Crippen LogP) is 5.59. The number of carbonyl (C=O) groups excluding carboxylic acids is 2. The topological polar surface area (TPSA) is 94.5 Å². The van der Waals surface area contributed by atoms with Gasteiger partial charge in [-0.1, -0.05) is 34.6 Å². The Morgan fingerprint density at radius 3 is 2.40 bits per heavy atom. The summed E-state index contributed by atoms with van der Waals surface area (Å²) in [6.07, 6.45) is 9.00. The van der Waals surface area contributed by atoms with Crippen LogP contribution in [0.4, 0.5) is 4.79 Å². The third-order valence-corrected chi connectivity index (χ3v) is 15.2. The summed E-state index contributed by atoms with van der Waals surface area (Å²) in [5.41, 5.74) is 0.293. The number of aliphatic hydroxyl groups excluding tert-OH is 1. The molecule has 1 amide bonds. The van der Waals surface area contributed by atoms with Gasteiger partial charge in [-0.2, -0.15) is 0 Å². The average molecular weight is 602 g/mol. The van der Waals surface area contributed by atoms with E-state index in [1.807, 2.05) is 4.90 Å². The van der Waals surface area contributed by atoms with Crippen LogP contribution in [0.25, 0.3) is 0 Å². The Morgan fingerprint density at radius 2 is 1.67 bits per heavy atom. The van der Waals surface area contributed by atoms with E-state index in [9.17, 15) is 14.7 Å². The normalized spacial score (nSPS) is 51.2. The van der Waals surface area contributed by atoms with Gasteiger partial charge in [0.1, 0.15) is 6.10 Å². The van der Waals surface area contributed by atoms with Crippen molar-refractivity contribution in [3.63, 3.8) is 0 Å². The van der Waals surface area contributed by atoms with Crippen LogP contribution in [0, 0.1) is 50.7 Å². The molecule has 43 heavy (non-hydrogen) atoms. The lowest BCUT2D eigenvalue weighted by atomic mass is 9.41. The van der Waals surface area contributed by atoms with Crippen molar-refractivity contribution in [2.45, 2.75) is 123 Å². The minimum Gasteiger partial charge on any atom is -0.469 e. The molecule has 0 aromatic carbocycles. The van der Waals surface area contributed by atoms with E-state index in [0.29, 0.717) is 62.8 Å². The molecule has 2 aliphatic heterocycles. The Kier molecular flexibility index (Phi) is 7.08. The van der Waals surface area contributed by atoms with E-state index >= 15 is 0 Å². The van der Waals surface area contributed by atoms with E-state index in [-0.39, 0.29) is 57.4 Å². The second kappa shape index (κ2) is 10.1. The van der Waals surface area contributed by atoms with Crippen LogP contribution >= 0.6 is 0 Å². The zero-order valence-electron chi connectivity index (χ0n) is 27.4. The van der Waals surface area contributed by atoms with Crippen molar-refractivity contribution in [1.29, 1.82) is 0 Å². The fraction of sp³-hybridized carbons (Fsp3) is 0.943. The minimum atomic E-state index is -0.499. The van der Waals surface area contributed by atoms with E-state index in [1.165, 1.54) is 20.0 Å². The predicted molar refractivity (Wildman–Crippen MR) is 160 cm³/mol. The molecule has 7 aliphatic rings. The molecule has 7 fully saturated rings. The number of methoxy groups -OCH3 is 1. The van der Waals surface area contributed by atoms with Crippen LogP contribution in [-0.4, -0.2) is 79.9 Å². The lowest BCUT2D eigenvalue weighted by molar-refractivity contribution is -0.183. The van der Waals surface area contributed by atoms with Crippen molar-refractivity contribution in [1.82, 2.24) is 4.90 Å². The van der Waals surface area contributed by atoms with Crippen LogP contribution in [0.3, 0.4) is 0 Å². The number of morpholine rings is 1. The first-order valence-electron chi connectivity index (χ1n) is 17.3. The molecule has 8 heteroatoms. The Balaban J connectivity index is 1.12. The van der Waals surface area contributed by atoms with Gasteiger partial charge in [0.15, 0.2) is 0 Å². The minimum absolute atomic E-state index is 0.00873. The molecule has 0 aromatic rings. The van der Waals surface area contributed by atoms with Crippen molar-refractivity contribution in [2.24, 2.45) is 50.7 Å². The van der Waals surface area contributed by atoms with Gasteiger partial charge in [0, 0.05) is 30.3 Å². The van der Waals surface area contributed by atoms with Crippen molar-refractivity contribution >= 4 is 12.1 Å². The first-order chi connectivity index (χ1) is 20.4. The van der Waals surface area contributed by atoms with E-state index in [1.54, 1.807) is 0 Å². The molecule has 1 N–H and O–H groups in total. The molecular formula is C35H55NO7. The van der Waals surface area contributed by atoms with Gasteiger partial charge in [-0.05, 0) is 97.7 Å². The van der Waals surface area contributed by atoms with Crippen LogP contribution in [0.5, 0.6) is 0 Å². The Labute approximate surface area is 257 Å². The largest absolute Gasteiger partial charge is 0.469 e. The van der Waals surface area contributed by atoms with E-state index < -0.39 is 6.10 Å². The maximum Gasteiger partial charge on any atom is 0.410 e. The standard InChI is InChI=1S/C35H55NO7/c1-21-19-22(7-10-26(37)40-6)42-28-27(21)32(4)13-14-35-20-34(35)12-11-25(43-30(39)36-15-17-41-18-16-36)31(2,3)23(34)8-9-24(35)33(32,5)29(28)38/h21-25,27-29,38H,7-20H2,1-6H3/t21-,22?,23+,24+,25?,27?,28?,29+,32-,33-,34-,35+/m1/s1. The van der Waals surface area contributed by atoms with E-state index in [0.717, 1.165) is 38.5 Å². The number of rotatable bonds is 4. The molecule has 2 heterocycles. The summed E-state index contributed by atoms with van der Waals surface area (Å²) in [4.78, 5) is 26.8. The summed E-state index contributed by atoms with van der Waals surface area (Å²) < 4.78 is 23.4. The van der Waals surface area contributed by atoms with Gasteiger partial charge in [0.05, 0.1) is 38.6 Å². The molecule has 2 saturated heterocycles. The summed E-state index contributed by atoms with van der Waals surface area (Å²) >= 11 is 0. The summed E-state index contributed by atoms with van der Waals surface area (Å²) in [5, 5.41) is 12.3. The molecule has 8 nitrogen and oxygen atoms in total. The summed E-state index contributed by atoms with van der Waals surface area (Å²) in [5.74, 6) is 1.59. The van der Waals surface area contributed by atoms with Crippen molar-refractivity contribution in [2.75, 3.05) is 33.4 Å². The van der Waals surface area contributed by atoms with Crippen molar-refractivity contribution in [3.8, 4) is 0 Å². The highest BCUT2D eigenvalue weighted by Crippen LogP contribution is 2.89. The number of carbonyl (C=O) groups is 2. The molecule has 5 saturated carbocycles. The first kappa shape index (κ1) is 30.3. The van der Waals surface area contributed by atoms with Crippen LogP contribution in [0.2, 0.25) is 0 Å². The maximum atomic E-state index is 13.1. The molecular weight excluding hydrogens is 546 g/mol. The highest BCUT2D eigenvalue weighted by atomic mass is 16.6. The van der Waals surface area contributed by atoms with Crippen molar-refractivity contribution in [3.05, 3.63) is 0 Å². The molecule has 0 aromatic heterocycles. The van der Waals surface area contributed by atoms with Crippen LogP contribution < -0.4 is 0 Å². The second-order valence-electron chi connectivity index (χ2n) is 16.7. The quantitative estimate of drug-likeness (QED) is 0.420. The summed E-state index contributed by atoms with van der Waals surface area (Å²) in [7, 11) is 1.44. The van der Waals surface area contributed by atoms with Crippen LogP contribution in [0.15, 0.2) is 0 Å². The highest BCUT2D eigenvalue weighted by molar-refractivity contribution is 5.69. The number of esters is 1. The van der Waals surface area contributed by atoms with Gasteiger partial charge in [-0.25, -0.2) is 4.79 Å². The number of amides is 1. The van der Waals surface area contributed by atoms with Crippen LogP contribution in [0.1, 0.15) is 98.8 Å². The summed E-state index contributed by atoms with van der Waals surface area (Å²) in [6, 6.07) is 0. The molecule has 2 spiro atoms. The highest BCUT2D eigenvalue weighted by Gasteiger charge is 2.84. The summed E-state index contributed by atoms with van der Waals surface area (Å²) in [6.45, 7) is 14.4. The maximum absolute atomic E-state index is 13.1. The zero-order chi connectivity index (χ0) is 30.6. The van der Waals surface area contributed by atoms with Gasteiger partial charge < -0.3 is 29.0 Å². The molecule has 12 atom stereocenters. The zero-order valence-corrected chi connectivity index (χ0v) is 27.4. The first-order valence-corrected chi connectivity index (χ1v) is 17.3. The monoisotopic (exact) mass is 601 g/mol. The molecule has 0 bridgehead atoms. The third kappa shape index (κ3) is 3.96. The number of fused-ring (bicyclic) bond motifs is 4. The second-order valence-corrected chi connectivity index (χ2v) is 16.7. The number of aliphatic hydroxyl groups is 1. The van der Waals surface area contributed by atoms with Gasteiger partial charge in [-0.3, -0.25) is 4.79 Å². The lowest BCUT2D eigenvalue weighted by Gasteiger charge is -2.63. The molecule has 242 valence electrons. The van der Waals surface area contributed by atoms with E-state index in [2.05, 4.69) is 34.6 Å². The number of ether oxygens (including phenoxy) is 4.